The summed E-state index contributed by atoms with van der Waals surface area (Å²) in [6, 6.07) is 15.0. The number of rotatable bonds is 2. The van der Waals surface area contributed by atoms with Crippen LogP contribution in [0.25, 0.3) is 4.85 Å². The molecule has 0 bridgehead atoms. The van der Waals surface area contributed by atoms with E-state index in [9.17, 15) is 0 Å². The van der Waals surface area contributed by atoms with Gasteiger partial charge in [0, 0.05) is 0 Å². The molecule has 0 unspecified atom stereocenters. The molecule has 0 amide bonds. The molecule has 0 atom stereocenters. The van der Waals surface area contributed by atoms with Gasteiger partial charge in [-0.2, -0.15) is 0 Å². The maximum Gasteiger partial charge on any atom is 0.187 e. The lowest BCUT2D eigenvalue weighted by atomic mass is 10.2. The van der Waals surface area contributed by atoms with Crippen molar-refractivity contribution in [2.75, 3.05) is 0 Å². The normalized spacial score (nSPS) is 9.50. The van der Waals surface area contributed by atoms with Gasteiger partial charge in [-0.05, 0) is 36.8 Å². The zero-order valence-electron chi connectivity index (χ0n) is 8.97. The smallest absolute Gasteiger partial charge is 0.187 e. The summed E-state index contributed by atoms with van der Waals surface area (Å²) in [6.45, 7) is 8.87. The highest BCUT2D eigenvalue weighted by molar-refractivity contribution is 5.47. The van der Waals surface area contributed by atoms with Crippen molar-refractivity contribution in [2.24, 2.45) is 0 Å². The summed E-state index contributed by atoms with van der Waals surface area (Å²) in [5.74, 6) is 1.56. The van der Waals surface area contributed by atoms with Gasteiger partial charge >= 0.3 is 0 Å². The van der Waals surface area contributed by atoms with Crippen LogP contribution in [0.4, 0.5) is 5.69 Å². The van der Waals surface area contributed by atoms with Gasteiger partial charge in [0.25, 0.3) is 0 Å². The molecular weight excluding hydrogens is 198 g/mol. The number of benzene rings is 2. The fourth-order valence-electron chi connectivity index (χ4n) is 1.40. The summed E-state index contributed by atoms with van der Waals surface area (Å²) < 4.78 is 5.66. The number of hydrogen-bond acceptors (Lipinski definition) is 1. The molecule has 0 N–H and O–H groups in total. The van der Waals surface area contributed by atoms with E-state index in [0.717, 1.165) is 17.1 Å². The lowest BCUT2D eigenvalue weighted by Crippen LogP contribution is -1.83. The highest BCUT2D eigenvalue weighted by atomic mass is 16.5. The second kappa shape index (κ2) is 4.50. The van der Waals surface area contributed by atoms with Gasteiger partial charge in [0.2, 0.25) is 0 Å². The van der Waals surface area contributed by atoms with Crippen molar-refractivity contribution in [3.05, 3.63) is 65.5 Å². The van der Waals surface area contributed by atoms with Crippen molar-refractivity contribution in [1.82, 2.24) is 0 Å². The summed E-state index contributed by atoms with van der Waals surface area (Å²) in [5.41, 5.74) is 1.78. The third-order valence-corrected chi connectivity index (χ3v) is 2.19. The molecule has 0 saturated carbocycles. The minimum Gasteiger partial charge on any atom is -0.457 e. The first-order chi connectivity index (χ1) is 7.78. The van der Waals surface area contributed by atoms with Crippen molar-refractivity contribution in [3.8, 4) is 11.5 Å². The average molecular weight is 209 g/mol. The van der Waals surface area contributed by atoms with Gasteiger partial charge in [-0.3, -0.25) is 0 Å². The van der Waals surface area contributed by atoms with E-state index in [4.69, 9.17) is 11.3 Å². The predicted octanol–water partition coefficient (Wildman–Crippen LogP) is 4.34. The van der Waals surface area contributed by atoms with Crippen LogP contribution in [0.2, 0.25) is 0 Å². The molecule has 2 aromatic carbocycles. The Bertz CT molecular complexity index is 523. The Labute approximate surface area is 94.9 Å². The first kappa shape index (κ1) is 10.3. The first-order valence-corrected chi connectivity index (χ1v) is 5.00. The third-order valence-electron chi connectivity index (χ3n) is 2.19. The molecule has 2 aromatic rings. The third kappa shape index (κ3) is 2.40. The van der Waals surface area contributed by atoms with Crippen molar-refractivity contribution in [2.45, 2.75) is 6.92 Å². The molecule has 0 aromatic heterocycles. The van der Waals surface area contributed by atoms with Gasteiger partial charge in [-0.1, -0.05) is 24.3 Å². The van der Waals surface area contributed by atoms with E-state index in [1.54, 1.807) is 24.3 Å². The Balaban J connectivity index is 2.18. The van der Waals surface area contributed by atoms with Crippen LogP contribution < -0.4 is 4.74 Å². The van der Waals surface area contributed by atoms with Crippen LogP contribution in [0.1, 0.15) is 5.56 Å². The molecule has 0 saturated heterocycles. The lowest BCUT2D eigenvalue weighted by Gasteiger charge is -2.05. The summed E-state index contributed by atoms with van der Waals surface area (Å²) in [6.07, 6.45) is 0. The predicted molar refractivity (Wildman–Crippen MR) is 64.0 cm³/mol. The van der Waals surface area contributed by atoms with Gasteiger partial charge in [0.05, 0.1) is 6.57 Å². The second-order valence-corrected chi connectivity index (χ2v) is 3.52. The van der Waals surface area contributed by atoms with Crippen molar-refractivity contribution in [3.63, 3.8) is 0 Å². The topological polar surface area (TPSA) is 13.6 Å². The van der Waals surface area contributed by atoms with Gasteiger partial charge in [-0.15, -0.1) is 0 Å². The first-order valence-electron chi connectivity index (χ1n) is 5.00. The minimum absolute atomic E-state index is 0.622. The molecule has 0 fully saturated rings. The summed E-state index contributed by atoms with van der Waals surface area (Å²) in [7, 11) is 0. The van der Waals surface area contributed by atoms with Crippen LogP contribution in [-0.4, -0.2) is 0 Å². The highest BCUT2D eigenvalue weighted by Crippen LogP contribution is 2.24. The van der Waals surface area contributed by atoms with Crippen LogP contribution in [-0.2, 0) is 0 Å². The fourth-order valence-corrected chi connectivity index (χ4v) is 1.40. The average Bonchev–Trinajstić information content (AvgIpc) is 2.30. The molecule has 2 rings (SSSR count). The number of aryl methyl sites for hydroxylation is 1. The van der Waals surface area contributed by atoms with Crippen molar-refractivity contribution >= 4 is 5.69 Å². The van der Waals surface area contributed by atoms with Gasteiger partial charge in [-0.25, -0.2) is 4.85 Å². The van der Waals surface area contributed by atoms with Crippen molar-refractivity contribution in [1.29, 1.82) is 0 Å². The molecule has 0 radical (unpaired) electrons. The second-order valence-electron chi connectivity index (χ2n) is 3.52. The molecule has 78 valence electrons. The van der Waals surface area contributed by atoms with Gasteiger partial charge in [0.15, 0.2) is 5.69 Å². The molecule has 2 nitrogen and oxygen atoms in total. The summed E-state index contributed by atoms with van der Waals surface area (Å²) in [5, 5.41) is 0. The maximum atomic E-state index is 6.85. The summed E-state index contributed by atoms with van der Waals surface area (Å²) >= 11 is 0. The Morgan fingerprint density at radius 2 is 1.75 bits per heavy atom. The van der Waals surface area contributed by atoms with E-state index in [1.807, 2.05) is 31.2 Å². The van der Waals surface area contributed by atoms with Gasteiger partial charge < -0.3 is 4.74 Å². The standard InChI is InChI=1S/C14H11NO/c1-11-4-3-5-14(10-11)16-13-8-6-12(15-2)7-9-13/h3-10H,1H3. The van der Waals surface area contributed by atoms with Crippen LogP contribution >= 0.6 is 0 Å². The van der Waals surface area contributed by atoms with Crippen LogP contribution in [0, 0.1) is 13.5 Å². The van der Waals surface area contributed by atoms with Crippen LogP contribution in [0.3, 0.4) is 0 Å². The van der Waals surface area contributed by atoms with Crippen molar-refractivity contribution < 1.29 is 4.74 Å². The molecule has 0 aliphatic carbocycles. The van der Waals surface area contributed by atoms with E-state index in [1.165, 1.54) is 0 Å². The number of ether oxygens (including phenoxy) is 1. The number of nitrogens with zero attached hydrogens (tertiary/aromatic N) is 1. The van der Waals surface area contributed by atoms with E-state index < -0.39 is 0 Å². The zero-order chi connectivity index (χ0) is 11.4. The highest BCUT2D eigenvalue weighted by Gasteiger charge is 1.97. The molecule has 16 heavy (non-hydrogen) atoms. The van der Waals surface area contributed by atoms with E-state index in [-0.39, 0.29) is 0 Å². The fraction of sp³-hybridized carbons (Fsp3) is 0.0714. The largest absolute Gasteiger partial charge is 0.457 e. The SMILES string of the molecule is [C-]#[N+]c1ccc(Oc2cccc(C)c2)cc1. The summed E-state index contributed by atoms with van der Waals surface area (Å²) in [4.78, 5) is 3.33. The molecule has 2 heteroatoms. The Morgan fingerprint density at radius 3 is 2.38 bits per heavy atom. The Morgan fingerprint density at radius 1 is 1.00 bits per heavy atom. The molecule has 0 aliphatic heterocycles. The monoisotopic (exact) mass is 209 g/mol. The van der Waals surface area contributed by atoms with Gasteiger partial charge in [0.1, 0.15) is 11.5 Å². The van der Waals surface area contributed by atoms with Crippen LogP contribution in [0.15, 0.2) is 48.5 Å². The zero-order valence-corrected chi connectivity index (χ0v) is 8.97. The quantitative estimate of drug-likeness (QED) is 0.671. The number of hydrogen-bond donors (Lipinski definition) is 0. The maximum absolute atomic E-state index is 6.85. The minimum atomic E-state index is 0.622. The van der Waals surface area contributed by atoms with E-state index >= 15 is 0 Å². The molecule has 0 spiro atoms. The lowest BCUT2D eigenvalue weighted by molar-refractivity contribution is 0.482. The van der Waals surface area contributed by atoms with E-state index in [2.05, 4.69) is 4.85 Å². The Kier molecular flexibility index (Phi) is 2.88. The molecule has 0 aliphatic rings. The Hall–Kier alpha value is -2.27. The van der Waals surface area contributed by atoms with E-state index in [0.29, 0.717) is 5.69 Å². The molecular formula is C14H11NO. The van der Waals surface area contributed by atoms with Crippen LogP contribution in [0.5, 0.6) is 11.5 Å². The molecule has 0 heterocycles.